The van der Waals surface area contributed by atoms with Crippen molar-refractivity contribution in [3.8, 4) is 0 Å². The second kappa shape index (κ2) is 6.42. The van der Waals surface area contributed by atoms with E-state index < -0.39 is 11.7 Å². The Kier molecular flexibility index (Phi) is 4.78. The summed E-state index contributed by atoms with van der Waals surface area (Å²) in [6.07, 6.45) is -0.539. The molecular formula is C16H20F3N3. The molecule has 0 radical (unpaired) electrons. The standard InChI is InChI=1S/C16H20F3N3/c1-11(2)22-8-7-15(20-10-22)21-12(3)13-5-4-6-14(9-13)16(17,18)19/h4-9,11-12H,10H2,1-3H3,(H,20,21). The highest BCUT2D eigenvalue weighted by molar-refractivity contribution is 5.93. The lowest BCUT2D eigenvalue weighted by Gasteiger charge is -2.27. The highest BCUT2D eigenvalue weighted by Crippen LogP contribution is 2.30. The van der Waals surface area contributed by atoms with Crippen molar-refractivity contribution >= 4 is 5.84 Å². The summed E-state index contributed by atoms with van der Waals surface area (Å²) in [7, 11) is 0. The molecule has 1 atom stereocenters. The molecule has 0 saturated heterocycles. The number of alkyl halides is 3. The summed E-state index contributed by atoms with van der Waals surface area (Å²) in [5, 5.41) is 3.14. The Bertz CT molecular complexity index is 576. The molecule has 6 heteroatoms. The average molecular weight is 311 g/mol. The van der Waals surface area contributed by atoms with Crippen molar-refractivity contribution in [3.63, 3.8) is 0 Å². The Hall–Kier alpha value is -1.98. The van der Waals surface area contributed by atoms with Crippen molar-refractivity contribution in [2.24, 2.45) is 4.99 Å². The molecule has 1 aliphatic rings. The number of hydrogen-bond acceptors (Lipinski definition) is 3. The van der Waals surface area contributed by atoms with Gasteiger partial charge >= 0.3 is 6.18 Å². The Labute approximate surface area is 128 Å². The Morgan fingerprint density at radius 2 is 1.95 bits per heavy atom. The van der Waals surface area contributed by atoms with Crippen LogP contribution in [0.5, 0.6) is 0 Å². The van der Waals surface area contributed by atoms with Gasteiger partial charge in [-0.3, -0.25) is 0 Å². The Balaban J connectivity index is 2.05. The zero-order valence-electron chi connectivity index (χ0n) is 12.9. The monoisotopic (exact) mass is 311 g/mol. The number of rotatable bonds is 3. The quantitative estimate of drug-likeness (QED) is 0.915. The second-order valence-electron chi connectivity index (χ2n) is 5.60. The van der Waals surface area contributed by atoms with E-state index in [1.165, 1.54) is 12.1 Å². The zero-order valence-corrected chi connectivity index (χ0v) is 12.9. The van der Waals surface area contributed by atoms with Crippen LogP contribution >= 0.6 is 0 Å². The molecular weight excluding hydrogens is 291 g/mol. The molecule has 2 rings (SSSR count). The van der Waals surface area contributed by atoms with Crippen molar-refractivity contribution < 1.29 is 13.2 Å². The van der Waals surface area contributed by atoms with E-state index in [1.807, 2.05) is 19.2 Å². The first-order valence-electron chi connectivity index (χ1n) is 7.19. The van der Waals surface area contributed by atoms with Gasteiger partial charge in [-0.25, -0.2) is 4.99 Å². The zero-order chi connectivity index (χ0) is 16.3. The molecule has 1 unspecified atom stereocenters. The molecule has 0 saturated carbocycles. The van der Waals surface area contributed by atoms with Crippen LogP contribution in [0, 0.1) is 0 Å². The average Bonchev–Trinajstić information content (AvgIpc) is 2.47. The maximum absolute atomic E-state index is 12.7. The van der Waals surface area contributed by atoms with Gasteiger partial charge in [0.05, 0.1) is 5.56 Å². The van der Waals surface area contributed by atoms with Crippen LogP contribution in [0.2, 0.25) is 0 Å². The van der Waals surface area contributed by atoms with Crippen LogP contribution in [-0.4, -0.2) is 23.4 Å². The van der Waals surface area contributed by atoms with Crippen LogP contribution in [0.25, 0.3) is 0 Å². The molecule has 3 nitrogen and oxygen atoms in total. The summed E-state index contributed by atoms with van der Waals surface area (Å²) in [5.74, 6) is 0.682. The summed E-state index contributed by atoms with van der Waals surface area (Å²) in [5.41, 5.74) is -0.0528. The molecule has 1 aromatic rings. The van der Waals surface area contributed by atoms with Crippen molar-refractivity contribution in [2.75, 3.05) is 6.67 Å². The molecule has 0 amide bonds. The summed E-state index contributed by atoms with van der Waals surface area (Å²) in [6, 6.07) is 5.47. The first-order valence-corrected chi connectivity index (χ1v) is 7.19. The highest BCUT2D eigenvalue weighted by atomic mass is 19.4. The molecule has 0 bridgehead atoms. The largest absolute Gasteiger partial charge is 0.416 e. The van der Waals surface area contributed by atoms with E-state index >= 15 is 0 Å². The van der Waals surface area contributed by atoms with Gasteiger partial charge in [-0.15, -0.1) is 0 Å². The van der Waals surface area contributed by atoms with Gasteiger partial charge in [-0.05, 0) is 44.5 Å². The van der Waals surface area contributed by atoms with E-state index in [2.05, 4.69) is 29.1 Å². The molecule has 22 heavy (non-hydrogen) atoms. The van der Waals surface area contributed by atoms with Gasteiger partial charge < -0.3 is 10.2 Å². The summed E-state index contributed by atoms with van der Waals surface area (Å²) in [6.45, 7) is 6.51. The van der Waals surface area contributed by atoms with E-state index in [9.17, 15) is 13.2 Å². The van der Waals surface area contributed by atoms with Crippen molar-refractivity contribution in [3.05, 3.63) is 47.7 Å². The third-order valence-electron chi connectivity index (χ3n) is 3.57. The summed E-state index contributed by atoms with van der Waals surface area (Å²) in [4.78, 5) is 6.46. The van der Waals surface area contributed by atoms with E-state index in [0.29, 0.717) is 24.1 Å². The van der Waals surface area contributed by atoms with Crippen molar-refractivity contribution in [1.29, 1.82) is 0 Å². The van der Waals surface area contributed by atoms with E-state index in [4.69, 9.17) is 0 Å². The van der Waals surface area contributed by atoms with Gasteiger partial charge in [0, 0.05) is 18.3 Å². The minimum Gasteiger partial charge on any atom is -0.364 e. The number of aliphatic imine (C=N–C) groups is 1. The van der Waals surface area contributed by atoms with Crippen LogP contribution in [0.3, 0.4) is 0 Å². The third kappa shape index (κ3) is 4.02. The predicted octanol–water partition coefficient (Wildman–Crippen LogP) is 3.95. The molecule has 1 aliphatic heterocycles. The number of benzene rings is 1. The van der Waals surface area contributed by atoms with Crippen LogP contribution in [-0.2, 0) is 6.18 Å². The van der Waals surface area contributed by atoms with Crippen LogP contribution in [0.1, 0.15) is 37.9 Å². The van der Waals surface area contributed by atoms with Crippen LogP contribution in [0.4, 0.5) is 13.2 Å². The smallest absolute Gasteiger partial charge is 0.364 e. The lowest BCUT2D eigenvalue weighted by molar-refractivity contribution is -0.137. The Morgan fingerprint density at radius 3 is 2.50 bits per heavy atom. The summed E-state index contributed by atoms with van der Waals surface area (Å²) >= 11 is 0. The number of halogens is 3. The fourth-order valence-electron chi connectivity index (χ4n) is 2.14. The van der Waals surface area contributed by atoms with Gasteiger partial charge in [0.2, 0.25) is 0 Å². The van der Waals surface area contributed by atoms with E-state index in [-0.39, 0.29) is 6.04 Å². The van der Waals surface area contributed by atoms with Gasteiger partial charge in [0.25, 0.3) is 0 Å². The Morgan fingerprint density at radius 1 is 1.23 bits per heavy atom. The minimum atomic E-state index is -4.32. The lowest BCUT2D eigenvalue weighted by atomic mass is 10.0. The SMILES string of the molecule is CC(NC1=NCN(C(C)C)C=C1)c1cccc(C(F)(F)F)c1. The molecule has 1 aromatic carbocycles. The molecule has 0 spiro atoms. The minimum absolute atomic E-state index is 0.253. The van der Waals surface area contributed by atoms with Gasteiger partial charge in [0.15, 0.2) is 0 Å². The number of hydrogen-bond donors (Lipinski definition) is 1. The molecule has 120 valence electrons. The number of nitrogens with one attached hydrogen (secondary N) is 1. The lowest BCUT2D eigenvalue weighted by Crippen LogP contribution is -2.33. The van der Waals surface area contributed by atoms with Crippen LogP contribution in [0.15, 0.2) is 41.5 Å². The normalized spacial score (nSPS) is 16.7. The van der Waals surface area contributed by atoms with Gasteiger partial charge in [0.1, 0.15) is 12.5 Å². The number of nitrogens with zero attached hydrogens (tertiary/aromatic N) is 2. The highest BCUT2D eigenvalue weighted by Gasteiger charge is 2.30. The molecule has 0 aliphatic carbocycles. The predicted molar refractivity (Wildman–Crippen MR) is 81.4 cm³/mol. The third-order valence-corrected chi connectivity index (χ3v) is 3.57. The van der Waals surface area contributed by atoms with Crippen molar-refractivity contribution in [2.45, 2.75) is 39.0 Å². The fraction of sp³-hybridized carbons (Fsp3) is 0.438. The second-order valence-corrected chi connectivity index (χ2v) is 5.60. The van der Waals surface area contributed by atoms with Gasteiger partial charge in [-0.1, -0.05) is 12.1 Å². The maximum Gasteiger partial charge on any atom is 0.416 e. The van der Waals surface area contributed by atoms with E-state index in [1.54, 1.807) is 6.07 Å². The van der Waals surface area contributed by atoms with E-state index in [0.717, 1.165) is 6.07 Å². The number of amidine groups is 1. The maximum atomic E-state index is 12.7. The van der Waals surface area contributed by atoms with Crippen molar-refractivity contribution in [1.82, 2.24) is 10.2 Å². The molecule has 1 N–H and O–H groups in total. The molecule has 0 fully saturated rings. The summed E-state index contributed by atoms with van der Waals surface area (Å²) < 4.78 is 38.2. The first-order chi connectivity index (χ1) is 10.3. The fourth-order valence-corrected chi connectivity index (χ4v) is 2.14. The molecule has 0 aromatic heterocycles. The van der Waals surface area contributed by atoms with Crippen LogP contribution < -0.4 is 5.32 Å². The first kappa shape index (κ1) is 16.4. The topological polar surface area (TPSA) is 27.6 Å². The molecule has 1 heterocycles. The van der Waals surface area contributed by atoms with Gasteiger partial charge in [-0.2, -0.15) is 13.2 Å².